The van der Waals surface area contributed by atoms with Gasteiger partial charge in [0.05, 0.1) is 7.05 Å². The molecule has 0 aliphatic heterocycles. The summed E-state index contributed by atoms with van der Waals surface area (Å²) in [5, 5.41) is 10.3. The maximum Gasteiger partial charge on any atom is 0.137 e. The zero-order valence-electron chi connectivity index (χ0n) is 17.4. The number of nitrogens with one attached hydrogen (secondary N) is 1. The van der Waals surface area contributed by atoms with Crippen molar-refractivity contribution in [2.45, 2.75) is 32.4 Å². The summed E-state index contributed by atoms with van der Waals surface area (Å²) < 4.78 is 11.2. The summed E-state index contributed by atoms with van der Waals surface area (Å²) in [6.07, 6.45) is 2.47. The van der Waals surface area contributed by atoms with Crippen LogP contribution in [0, 0.1) is 0 Å². The van der Waals surface area contributed by atoms with Crippen LogP contribution in [0.5, 0.6) is 11.5 Å². The van der Waals surface area contributed by atoms with Crippen molar-refractivity contribution in [1.29, 1.82) is 0 Å². The Labute approximate surface area is 173 Å². The Morgan fingerprint density at radius 3 is 2.24 bits per heavy atom. The molecule has 29 heavy (non-hydrogen) atoms. The van der Waals surface area contributed by atoms with Gasteiger partial charge in [0.25, 0.3) is 0 Å². The van der Waals surface area contributed by atoms with Gasteiger partial charge in [-0.2, -0.15) is 0 Å². The van der Waals surface area contributed by atoms with Gasteiger partial charge in [0, 0.05) is 12.0 Å². The second-order valence-electron chi connectivity index (χ2n) is 7.39. The predicted octanol–water partition coefficient (Wildman–Crippen LogP) is 2.23. The summed E-state index contributed by atoms with van der Waals surface area (Å²) in [5.74, 6) is 1.74. The lowest BCUT2D eigenvalue weighted by Crippen LogP contribution is -3.09. The van der Waals surface area contributed by atoms with Crippen LogP contribution in [-0.4, -0.2) is 43.8 Å². The molecule has 1 unspecified atom stereocenters. The molecule has 2 N–H and O–H groups in total. The fourth-order valence-corrected chi connectivity index (χ4v) is 3.01. The van der Waals surface area contributed by atoms with Crippen molar-refractivity contribution in [3.8, 4) is 11.5 Å². The summed E-state index contributed by atoms with van der Waals surface area (Å²) >= 11 is 0. The lowest BCUT2D eigenvalue weighted by atomic mass is 10.1. The molecule has 0 aromatic heterocycles. The molecule has 0 fully saturated rings. The first-order chi connectivity index (χ1) is 14.0. The van der Waals surface area contributed by atoms with Crippen molar-refractivity contribution in [2.24, 2.45) is 0 Å². The molecule has 0 saturated carbocycles. The van der Waals surface area contributed by atoms with Gasteiger partial charge >= 0.3 is 0 Å². The van der Waals surface area contributed by atoms with Crippen molar-refractivity contribution in [3.63, 3.8) is 0 Å². The van der Waals surface area contributed by atoms with Crippen LogP contribution in [0.2, 0.25) is 0 Å². The van der Waals surface area contributed by atoms with E-state index >= 15 is 0 Å². The van der Waals surface area contributed by atoms with E-state index in [-0.39, 0.29) is 12.4 Å². The van der Waals surface area contributed by atoms with E-state index in [1.807, 2.05) is 48.5 Å². The van der Waals surface area contributed by atoms with Crippen LogP contribution in [-0.2, 0) is 17.8 Å². The third-order valence-electron chi connectivity index (χ3n) is 4.51. The molecule has 2 aromatic rings. The number of likely N-dealkylation sites (N-methyl/N-ethyl adjacent to an activating group) is 1. The number of carbonyl (C=O) groups is 1. The minimum absolute atomic E-state index is 0.192. The van der Waals surface area contributed by atoms with E-state index < -0.39 is 6.10 Å². The molecule has 2 atom stereocenters. The Morgan fingerprint density at radius 2 is 1.66 bits per heavy atom. The summed E-state index contributed by atoms with van der Waals surface area (Å²) in [4.78, 5) is 12.2. The second-order valence-corrected chi connectivity index (χ2v) is 7.39. The summed E-state index contributed by atoms with van der Waals surface area (Å²) in [5.41, 5.74) is 2.29. The number of aliphatic hydroxyl groups is 1. The highest BCUT2D eigenvalue weighted by Gasteiger charge is 2.13. The number of quaternary nitrogens is 1. The lowest BCUT2D eigenvalue weighted by molar-refractivity contribution is -0.897. The van der Waals surface area contributed by atoms with Crippen LogP contribution in [0.15, 0.2) is 61.2 Å². The average molecular weight is 399 g/mol. The molecule has 0 bridgehead atoms. The number of benzene rings is 2. The Balaban J connectivity index is 1.71. The van der Waals surface area contributed by atoms with E-state index in [1.165, 1.54) is 10.5 Å². The summed E-state index contributed by atoms with van der Waals surface area (Å²) in [6, 6.07) is 15.7. The van der Waals surface area contributed by atoms with Crippen LogP contribution in [0.3, 0.4) is 0 Å². The van der Waals surface area contributed by atoms with Crippen LogP contribution in [0.25, 0.3) is 0 Å². The SMILES string of the molecule is C=CCOc1ccc(C[NH+](C)C[C@H](O)COc2ccc(CCC(C)=O)cc2)cc1. The molecular formula is C24H32NO4+. The molecule has 2 aromatic carbocycles. The maximum atomic E-state index is 11.1. The first-order valence-corrected chi connectivity index (χ1v) is 9.99. The lowest BCUT2D eigenvalue weighted by Gasteiger charge is -2.18. The molecule has 5 heteroatoms. The molecule has 0 saturated heterocycles. The average Bonchev–Trinajstić information content (AvgIpc) is 2.71. The van der Waals surface area contributed by atoms with Gasteiger partial charge < -0.3 is 24.3 Å². The largest absolute Gasteiger partial charge is 0.491 e. The first kappa shape index (κ1) is 22.7. The fourth-order valence-electron chi connectivity index (χ4n) is 3.01. The fraction of sp³-hybridized carbons (Fsp3) is 0.375. The normalized spacial score (nSPS) is 12.8. The van der Waals surface area contributed by atoms with Gasteiger partial charge in [-0.1, -0.05) is 24.8 Å². The van der Waals surface area contributed by atoms with Crippen molar-refractivity contribution in [2.75, 3.05) is 26.8 Å². The van der Waals surface area contributed by atoms with Crippen LogP contribution in [0.4, 0.5) is 0 Å². The summed E-state index contributed by atoms with van der Waals surface area (Å²) in [6.45, 7) is 7.39. The predicted molar refractivity (Wildman–Crippen MR) is 115 cm³/mol. The highest BCUT2D eigenvalue weighted by Crippen LogP contribution is 2.14. The van der Waals surface area contributed by atoms with Gasteiger partial charge in [-0.05, 0) is 55.3 Å². The van der Waals surface area contributed by atoms with Crippen LogP contribution < -0.4 is 14.4 Å². The van der Waals surface area contributed by atoms with Gasteiger partial charge in [-0.25, -0.2) is 0 Å². The number of carbonyl (C=O) groups excluding carboxylic acids is 1. The Bertz CT molecular complexity index is 755. The van der Waals surface area contributed by atoms with Gasteiger partial charge in [-0.3, -0.25) is 0 Å². The molecule has 0 amide bonds. The minimum atomic E-state index is -0.553. The monoisotopic (exact) mass is 398 g/mol. The quantitative estimate of drug-likeness (QED) is 0.508. The van der Waals surface area contributed by atoms with E-state index in [0.717, 1.165) is 30.0 Å². The number of aliphatic hydroxyl groups excluding tert-OH is 1. The van der Waals surface area contributed by atoms with Gasteiger partial charge in [0.1, 0.15) is 49.7 Å². The standard InChI is InChI=1S/C24H31NO4/c1-4-15-28-23-13-9-21(10-14-23)16-25(3)17-22(27)18-29-24-11-7-20(8-12-24)6-5-19(2)26/h4,7-14,22,27H,1,5-6,15-18H2,2-3H3/p+1/t22-/m0/s1. The number of hydrogen-bond donors (Lipinski definition) is 2. The first-order valence-electron chi connectivity index (χ1n) is 9.99. The highest BCUT2D eigenvalue weighted by molar-refractivity contribution is 5.75. The van der Waals surface area contributed by atoms with Crippen molar-refractivity contribution >= 4 is 5.78 Å². The molecule has 0 spiro atoms. The second kappa shape index (κ2) is 12.0. The third kappa shape index (κ3) is 8.94. The number of Topliss-reactive ketones (excluding diaryl/α,β-unsaturated/α-hetero) is 1. The zero-order valence-corrected chi connectivity index (χ0v) is 17.4. The van der Waals surface area contributed by atoms with Crippen LogP contribution in [0.1, 0.15) is 24.5 Å². The molecule has 156 valence electrons. The van der Waals surface area contributed by atoms with E-state index in [4.69, 9.17) is 9.47 Å². The number of hydrogen-bond acceptors (Lipinski definition) is 4. The molecule has 0 aliphatic rings. The van der Waals surface area contributed by atoms with E-state index in [1.54, 1.807) is 13.0 Å². The Morgan fingerprint density at radius 1 is 1.07 bits per heavy atom. The molecular weight excluding hydrogens is 366 g/mol. The number of aryl methyl sites for hydroxylation is 1. The molecule has 5 nitrogen and oxygen atoms in total. The zero-order chi connectivity index (χ0) is 21.1. The molecule has 0 heterocycles. The van der Waals surface area contributed by atoms with Crippen molar-refractivity contribution in [3.05, 3.63) is 72.3 Å². The number of ether oxygens (including phenoxy) is 2. The van der Waals surface area contributed by atoms with E-state index in [9.17, 15) is 9.90 Å². The Kier molecular flexibility index (Phi) is 9.41. The maximum absolute atomic E-state index is 11.1. The van der Waals surface area contributed by atoms with E-state index in [2.05, 4.69) is 13.6 Å². The van der Waals surface area contributed by atoms with Gasteiger partial charge in [0.2, 0.25) is 0 Å². The minimum Gasteiger partial charge on any atom is -0.491 e. The molecule has 2 rings (SSSR count). The molecule has 0 radical (unpaired) electrons. The topological polar surface area (TPSA) is 60.2 Å². The number of ketones is 1. The third-order valence-corrected chi connectivity index (χ3v) is 4.51. The van der Waals surface area contributed by atoms with Gasteiger partial charge in [0.15, 0.2) is 0 Å². The number of rotatable bonds is 13. The van der Waals surface area contributed by atoms with Gasteiger partial charge in [-0.15, -0.1) is 0 Å². The van der Waals surface area contributed by atoms with E-state index in [0.29, 0.717) is 19.6 Å². The smallest absolute Gasteiger partial charge is 0.137 e. The van der Waals surface area contributed by atoms with Crippen LogP contribution >= 0.6 is 0 Å². The molecule has 0 aliphatic carbocycles. The highest BCUT2D eigenvalue weighted by atomic mass is 16.5. The van der Waals surface area contributed by atoms with Crippen molar-refractivity contribution < 1.29 is 24.3 Å². The summed E-state index contributed by atoms with van der Waals surface area (Å²) in [7, 11) is 2.05. The van der Waals surface area contributed by atoms with Crippen molar-refractivity contribution in [1.82, 2.24) is 0 Å². The Hall–Kier alpha value is -2.63.